The number of nitriles is 1. The third-order valence-electron chi connectivity index (χ3n) is 7.71. The number of nitrogens with two attached hydrogens (primary N) is 1. The van der Waals surface area contributed by atoms with Gasteiger partial charge in [0.15, 0.2) is 18.0 Å². The van der Waals surface area contributed by atoms with E-state index in [-0.39, 0.29) is 11.5 Å². The van der Waals surface area contributed by atoms with Crippen molar-refractivity contribution in [2.75, 3.05) is 24.3 Å². The standard InChI is InChI=1S/C29H41N6O12PS/c1-15(2)24(36)44-22-21(19-9-10-20-23(31)32-14-33-35(19)20)45-28(13-30)27(29(22,28)46-25(37)16(3)4)47-48(39,42-11-12-49(8,40)41)34-18(7)26(38)43-17(5)6/h9-10,14-18,21-22,27H,11-12H2,1-8H3,(H,34,39)(H2,31,32,33)/t18-,21-,22-,27?,28+,29+,48?/m0/s1. The maximum Gasteiger partial charge on any atom is 0.406 e. The van der Waals surface area contributed by atoms with E-state index in [1.54, 1.807) is 39.8 Å². The number of nitrogens with one attached hydrogen (secondary N) is 1. The summed E-state index contributed by atoms with van der Waals surface area (Å²) in [7, 11) is -8.42. The summed E-state index contributed by atoms with van der Waals surface area (Å²) in [5.74, 6) is -4.40. The molecule has 0 aromatic carbocycles. The number of rotatable bonds is 15. The fourth-order valence-electron chi connectivity index (χ4n) is 5.19. The zero-order valence-corrected chi connectivity index (χ0v) is 30.0. The van der Waals surface area contributed by atoms with Crippen LogP contribution in [0.1, 0.15) is 60.3 Å². The number of carbonyl (C=O) groups is 3. The summed E-state index contributed by atoms with van der Waals surface area (Å²) in [6, 6.07) is 3.75. The predicted octanol–water partition coefficient (Wildman–Crippen LogP) is 1.65. The largest absolute Gasteiger partial charge is 0.462 e. The van der Waals surface area contributed by atoms with Crippen molar-refractivity contribution in [3.63, 3.8) is 0 Å². The van der Waals surface area contributed by atoms with Gasteiger partial charge in [0.25, 0.3) is 0 Å². The first-order valence-electron chi connectivity index (χ1n) is 15.4. The molecule has 0 spiro atoms. The molecule has 270 valence electrons. The number of nitrogen functional groups attached to an aromatic ring is 1. The maximum absolute atomic E-state index is 14.4. The van der Waals surface area contributed by atoms with Crippen molar-refractivity contribution in [3.05, 3.63) is 24.2 Å². The molecule has 20 heteroatoms. The average molecular weight is 729 g/mol. The number of fused-ring (bicyclic) bond motifs is 2. The molecule has 2 aliphatic rings. The molecule has 3 heterocycles. The van der Waals surface area contributed by atoms with Crippen LogP contribution in [-0.2, 0) is 56.8 Å². The third-order valence-corrected chi connectivity index (χ3v) is 10.3. The van der Waals surface area contributed by atoms with Crippen LogP contribution < -0.4 is 10.8 Å². The second-order valence-electron chi connectivity index (χ2n) is 12.7. The van der Waals surface area contributed by atoms with Crippen LogP contribution >= 0.6 is 7.75 Å². The number of carbonyl (C=O) groups excluding carboxylic acids is 3. The van der Waals surface area contributed by atoms with Gasteiger partial charge in [-0.25, -0.2) is 27.6 Å². The minimum atomic E-state index is -4.80. The average Bonchev–Trinajstić information content (AvgIpc) is 3.24. The third kappa shape index (κ3) is 7.44. The van der Waals surface area contributed by atoms with Crippen LogP contribution in [-0.4, -0.2) is 95.1 Å². The van der Waals surface area contributed by atoms with E-state index < -0.39 is 101 Å². The summed E-state index contributed by atoms with van der Waals surface area (Å²) in [6.45, 7) is 10.0. The number of aromatic nitrogens is 3. The lowest BCUT2D eigenvalue weighted by molar-refractivity contribution is -0.181. The summed E-state index contributed by atoms with van der Waals surface area (Å²) in [4.78, 5) is 43.1. The first-order chi connectivity index (χ1) is 22.7. The van der Waals surface area contributed by atoms with Crippen molar-refractivity contribution >= 4 is 46.8 Å². The minimum Gasteiger partial charge on any atom is -0.462 e. The number of sulfone groups is 1. The Kier molecular flexibility index (Phi) is 10.8. The maximum atomic E-state index is 14.4. The van der Waals surface area contributed by atoms with Gasteiger partial charge in [-0.2, -0.15) is 10.4 Å². The van der Waals surface area contributed by atoms with Crippen molar-refractivity contribution in [1.82, 2.24) is 19.7 Å². The Hall–Kier alpha value is -3.66. The molecule has 1 aliphatic carbocycles. The van der Waals surface area contributed by atoms with E-state index in [9.17, 15) is 32.6 Å². The van der Waals surface area contributed by atoms with E-state index >= 15 is 0 Å². The Morgan fingerprint density at radius 2 is 1.78 bits per heavy atom. The summed E-state index contributed by atoms with van der Waals surface area (Å²) in [5, 5.41) is 17.3. The van der Waals surface area contributed by atoms with Crippen molar-refractivity contribution in [2.24, 2.45) is 11.8 Å². The molecule has 18 nitrogen and oxygen atoms in total. The van der Waals surface area contributed by atoms with Gasteiger partial charge in [0.05, 0.1) is 36.0 Å². The lowest BCUT2D eigenvalue weighted by Crippen LogP contribution is -2.45. The van der Waals surface area contributed by atoms with Crippen LogP contribution in [0.4, 0.5) is 5.82 Å². The van der Waals surface area contributed by atoms with Crippen LogP contribution in [0, 0.1) is 23.2 Å². The predicted molar refractivity (Wildman–Crippen MR) is 170 cm³/mol. The van der Waals surface area contributed by atoms with Crippen molar-refractivity contribution in [1.29, 1.82) is 5.26 Å². The lowest BCUT2D eigenvalue weighted by Gasteiger charge is -2.30. The zero-order valence-electron chi connectivity index (χ0n) is 28.3. The van der Waals surface area contributed by atoms with Crippen molar-refractivity contribution < 1.29 is 55.4 Å². The highest BCUT2D eigenvalue weighted by atomic mass is 32.2. The van der Waals surface area contributed by atoms with Gasteiger partial charge in [0.1, 0.15) is 39.9 Å². The summed E-state index contributed by atoms with van der Waals surface area (Å²) in [6.07, 6.45) is -3.11. The van der Waals surface area contributed by atoms with Gasteiger partial charge in [0, 0.05) is 6.26 Å². The number of nitrogens with zero attached hydrogens (tertiary/aromatic N) is 4. The molecule has 1 saturated carbocycles. The first-order valence-corrected chi connectivity index (χ1v) is 19.0. The minimum absolute atomic E-state index is 0.112. The van der Waals surface area contributed by atoms with Crippen molar-refractivity contribution in [3.8, 4) is 6.07 Å². The fraction of sp³-hybridized carbons (Fsp3) is 0.655. The van der Waals surface area contributed by atoms with Crippen LogP contribution in [0.5, 0.6) is 0 Å². The van der Waals surface area contributed by atoms with Gasteiger partial charge < -0.3 is 24.7 Å². The summed E-state index contributed by atoms with van der Waals surface area (Å²) in [5.41, 5.74) is 2.10. The molecule has 7 atom stereocenters. The second-order valence-corrected chi connectivity index (χ2v) is 16.7. The van der Waals surface area contributed by atoms with Gasteiger partial charge in [-0.15, -0.1) is 0 Å². The molecule has 4 rings (SSSR count). The number of hydrogen-bond acceptors (Lipinski definition) is 16. The van der Waals surface area contributed by atoms with Gasteiger partial charge in [-0.3, -0.25) is 23.4 Å². The molecule has 49 heavy (non-hydrogen) atoms. The van der Waals surface area contributed by atoms with Crippen LogP contribution in [0.2, 0.25) is 0 Å². The zero-order chi connectivity index (χ0) is 36.7. The molecule has 1 aliphatic heterocycles. The first kappa shape index (κ1) is 38.1. The topological polar surface area (TPSA) is 250 Å². The van der Waals surface area contributed by atoms with Gasteiger partial charge in [-0.1, -0.05) is 27.7 Å². The highest BCUT2D eigenvalue weighted by molar-refractivity contribution is 7.90. The number of ether oxygens (including phenoxy) is 4. The molecule has 0 radical (unpaired) electrons. The highest BCUT2D eigenvalue weighted by Crippen LogP contribution is 2.71. The molecule has 2 aromatic heterocycles. The quantitative estimate of drug-likeness (QED) is 0.150. The molecule has 2 aromatic rings. The number of anilines is 1. The highest BCUT2D eigenvalue weighted by Gasteiger charge is 2.95. The van der Waals surface area contributed by atoms with Crippen LogP contribution in [0.15, 0.2) is 18.5 Å². The van der Waals surface area contributed by atoms with Crippen LogP contribution in [0.3, 0.4) is 0 Å². The second kappa shape index (κ2) is 13.9. The fourth-order valence-corrected chi connectivity index (χ4v) is 7.39. The Labute approximate surface area is 283 Å². The number of hydrogen-bond donors (Lipinski definition) is 2. The molecule has 0 amide bonds. The normalized spacial score (nSPS) is 26.6. The molecular weight excluding hydrogens is 687 g/mol. The number of esters is 3. The smallest absolute Gasteiger partial charge is 0.406 e. The van der Waals surface area contributed by atoms with Gasteiger partial charge in [-0.05, 0) is 32.9 Å². The van der Waals surface area contributed by atoms with E-state index in [2.05, 4.69) is 15.2 Å². The summed E-state index contributed by atoms with van der Waals surface area (Å²) < 4.78 is 74.2. The van der Waals surface area contributed by atoms with Crippen molar-refractivity contribution in [2.45, 2.75) is 90.1 Å². The SMILES string of the molecule is CC(C)OC(=O)[C@H](C)NP(=O)(OCCS(C)(=O)=O)OC1[C@@]2(C#N)O[C@@H](c3ccc4c(N)ncnn34)[C@H](OC(=O)C(C)C)[C@@]12OC(=O)C(C)C. The Morgan fingerprint density at radius 3 is 2.35 bits per heavy atom. The van der Waals surface area contributed by atoms with E-state index in [4.69, 9.17) is 33.7 Å². The van der Waals surface area contributed by atoms with Crippen LogP contribution in [0.25, 0.3) is 5.52 Å². The molecule has 3 N–H and O–H groups in total. The van der Waals surface area contributed by atoms with E-state index in [0.717, 1.165) is 6.26 Å². The molecule has 1 saturated heterocycles. The van der Waals surface area contributed by atoms with Gasteiger partial charge >= 0.3 is 25.7 Å². The summed E-state index contributed by atoms with van der Waals surface area (Å²) >= 11 is 0. The van der Waals surface area contributed by atoms with E-state index in [0.29, 0.717) is 5.52 Å². The molecule has 0 bridgehead atoms. The van der Waals surface area contributed by atoms with E-state index in [1.807, 2.05) is 6.07 Å². The lowest BCUT2D eigenvalue weighted by atomic mass is 10.0. The molecule has 2 unspecified atom stereocenters. The molecule has 2 fully saturated rings. The monoisotopic (exact) mass is 728 g/mol. The Morgan fingerprint density at radius 1 is 1.12 bits per heavy atom. The van der Waals surface area contributed by atoms with E-state index in [1.165, 1.54) is 31.6 Å². The van der Waals surface area contributed by atoms with Gasteiger partial charge in [0.2, 0.25) is 11.2 Å². The Bertz CT molecular complexity index is 1810. The Balaban J connectivity index is 1.84. The molecular formula is C29H41N6O12PS.